The number of hydrogen-bond donors (Lipinski definition) is 1. The average molecular weight is 283 g/mol. The highest BCUT2D eigenvalue weighted by Gasteiger charge is 2.15. The summed E-state index contributed by atoms with van der Waals surface area (Å²) < 4.78 is 2.61. The van der Waals surface area contributed by atoms with Crippen molar-refractivity contribution >= 4 is 17.6 Å². The number of carboxylic acids is 1. The van der Waals surface area contributed by atoms with Crippen LogP contribution in [0.5, 0.6) is 0 Å². The Kier molecular flexibility index (Phi) is 3.66. The van der Waals surface area contributed by atoms with Gasteiger partial charge in [0.2, 0.25) is 0 Å². The maximum atomic E-state index is 11.6. The largest absolute Gasteiger partial charge is 0.480 e. The normalized spacial score (nSPS) is 12.3. The molecular weight excluding hydrogens is 272 g/mol. The molecule has 0 saturated heterocycles. The minimum Gasteiger partial charge on any atom is -0.480 e. The van der Waals surface area contributed by atoms with E-state index < -0.39 is 12.0 Å². The number of carbonyl (C=O) groups is 1. The van der Waals surface area contributed by atoms with E-state index in [-0.39, 0.29) is 12.1 Å². The molecule has 0 amide bonds. The van der Waals surface area contributed by atoms with E-state index in [4.69, 9.17) is 16.7 Å². The summed E-state index contributed by atoms with van der Waals surface area (Å²) in [6.07, 6.45) is 2.98. The molecule has 0 fully saturated rings. The summed E-state index contributed by atoms with van der Waals surface area (Å²) in [5.41, 5.74) is 0.266. The second kappa shape index (κ2) is 5.23. The van der Waals surface area contributed by atoms with Crippen LogP contribution in [0.15, 0.2) is 29.3 Å². The Bertz CT molecular complexity index is 664. The molecule has 1 atom stereocenters. The first kappa shape index (κ1) is 13.3. The molecule has 7 nitrogen and oxygen atoms in total. The van der Waals surface area contributed by atoms with Gasteiger partial charge in [0, 0.05) is 12.3 Å². The smallest absolute Gasteiger partial charge is 0.328 e. The molecular formula is C11H11ClN4O3. The van der Waals surface area contributed by atoms with Crippen LogP contribution in [0.3, 0.4) is 0 Å². The first-order valence-corrected chi connectivity index (χ1v) is 5.84. The fourth-order valence-electron chi connectivity index (χ4n) is 1.49. The van der Waals surface area contributed by atoms with Gasteiger partial charge in [0.05, 0.1) is 17.8 Å². The van der Waals surface area contributed by atoms with Crippen molar-refractivity contribution in [3.05, 3.63) is 45.6 Å². The zero-order valence-corrected chi connectivity index (χ0v) is 10.8. The van der Waals surface area contributed by atoms with Gasteiger partial charge in [-0.15, -0.1) is 5.10 Å². The number of halogens is 1. The minimum atomic E-state index is -1.00. The Morgan fingerprint density at radius 2 is 2.21 bits per heavy atom. The van der Waals surface area contributed by atoms with Crippen LogP contribution in [-0.4, -0.2) is 30.6 Å². The van der Waals surface area contributed by atoms with Gasteiger partial charge in [0.1, 0.15) is 11.7 Å². The van der Waals surface area contributed by atoms with Crippen molar-refractivity contribution in [3.63, 3.8) is 0 Å². The van der Waals surface area contributed by atoms with Crippen LogP contribution in [0.4, 0.5) is 0 Å². The molecule has 8 heteroatoms. The summed E-state index contributed by atoms with van der Waals surface area (Å²) in [6.45, 7) is 1.68. The zero-order valence-electron chi connectivity index (χ0n) is 10.0. The predicted octanol–water partition coefficient (Wildman–Crippen LogP) is 0.787. The lowest BCUT2D eigenvalue weighted by Crippen LogP contribution is -2.19. The van der Waals surface area contributed by atoms with Crippen molar-refractivity contribution < 1.29 is 9.90 Å². The number of nitrogens with zero attached hydrogens (tertiary/aromatic N) is 4. The van der Waals surface area contributed by atoms with Crippen molar-refractivity contribution in [2.75, 3.05) is 0 Å². The van der Waals surface area contributed by atoms with E-state index in [1.807, 2.05) is 0 Å². The Balaban J connectivity index is 2.23. The molecule has 0 aliphatic carbocycles. The quantitative estimate of drug-likeness (QED) is 0.895. The van der Waals surface area contributed by atoms with Crippen LogP contribution in [-0.2, 0) is 11.3 Å². The monoisotopic (exact) mass is 282 g/mol. The van der Waals surface area contributed by atoms with Gasteiger partial charge < -0.3 is 9.67 Å². The third-order valence-electron chi connectivity index (χ3n) is 2.59. The van der Waals surface area contributed by atoms with Gasteiger partial charge >= 0.3 is 5.97 Å². The number of carboxylic acid groups (broad SMARTS) is 1. The number of hydrogen-bond acceptors (Lipinski definition) is 4. The maximum absolute atomic E-state index is 11.6. The highest BCUT2D eigenvalue weighted by atomic mass is 35.5. The molecule has 19 heavy (non-hydrogen) atoms. The summed E-state index contributed by atoms with van der Waals surface area (Å²) in [5.74, 6) is -1.00. The van der Waals surface area contributed by atoms with Crippen LogP contribution in [0.25, 0.3) is 0 Å². The van der Waals surface area contributed by atoms with Crippen molar-refractivity contribution in [2.45, 2.75) is 19.5 Å². The van der Waals surface area contributed by atoms with E-state index in [1.165, 1.54) is 40.7 Å². The molecule has 0 aromatic carbocycles. The summed E-state index contributed by atoms with van der Waals surface area (Å²) in [4.78, 5) is 22.4. The van der Waals surface area contributed by atoms with Gasteiger partial charge in [-0.25, -0.2) is 9.48 Å². The van der Waals surface area contributed by atoms with E-state index in [0.717, 1.165) is 0 Å². The van der Waals surface area contributed by atoms with E-state index >= 15 is 0 Å². The summed E-state index contributed by atoms with van der Waals surface area (Å²) in [6, 6.07) is 2.05. The van der Waals surface area contributed by atoms with Gasteiger partial charge in [-0.05, 0) is 13.0 Å². The Labute approximate surface area is 113 Å². The number of pyridine rings is 1. The lowest BCUT2D eigenvalue weighted by molar-refractivity contribution is -0.140. The lowest BCUT2D eigenvalue weighted by atomic mass is 10.3. The van der Waals surface area contributed by atoms with Gasteiger partial charge in [0.25, 0.3) is 5.56 Å². The van der Waals surface area contributed by atoms with Crippen LogP contribution in [0.1, 0.15) is 18.7 Å². The molecule has 2 rings (SSSR count). The van der Waals surface area contributed by atoms with Crippen LogP contribution < -0.4 is 5.56 Å². The average Bonchev–Trinajstić information content (AvgIpc) is 2.81. The molecule has 0 bridgehead atoms. The third kappa shape index (κ3) is 3.00. The first-order chi connectivity index (χ1) is 8.97. The number of rotatable bonds is 4. The highest BCUT2D eigenvalue weighted by Crippen LogP contribution is 2.07. The summed E-state index contributed by atoms with van der Waals surface area (Å²) in [7, 11) is 0. The maximum Gasteiger partial charge on any atom is 0.328 e. The predicted molar refractivity (Wildman–Crippen MR) is 67.2 cm³/mol. The van der Waals surface area contributed by atoms with Crippen molar-refractivity contribution in [2.24, 2.45) is 0 Å². The number of aromatic nitrogens is 4. The van der Waals surface area contributed by atoms with E-state index in [0.29, 0.717) is 10.7 Å². The van der Waals surface area contributed by atoms with E-state index in [2.05, 4.69) is 10.3 Å². The third-order valence-corrected chi connectivity index (χ3v) is 2.82. The second-order valence-electron chi connectivity index (χ2n) is 4.02. The minimum absolute atomic E-state index is 0.186. The molecule has 2 aromatic rings. The fraction of sp³-hybridized carbons (Fsp3) is 0.273. The standard InChI is InChI=1S/C11H11ClN4O3/c1-7(11(18)19)16-6-9(13-14-16)5-15-4-8(12)2-3-10(15)17/h2-4,6-7H,5H2,1H3,(H,18,19)/t7-/m0/s1. The Morgan fingerprint density at radius 3 is 2.89 bits per heavy atom. The molecule has 0 unspecified atom stereocenters. The second-order valence-corrected chi connectivity index (χ2v) is 4.45. The van der Waals surface area contributed by atoms with E-state index in [9.17, 15) is 9.59 Å². The lowest BCUT2D eigenvalue weighted by Gasteiger charge is -2.04. The molecule has 0 spiro atoms. The molecule has 0 saturated carbocycles. The Morgan fingerprint density at radius 1 is 1.47 bits per heavy atom. The van der Waals surface area contributed by atoms with Crippen LogP contribution in [0, 0.1) is 0 Å². The molecule has 0 aliphatic rings. The topological polar surface area (TPSA) is 90.0 Å². The molecule has 1 N–H and O–H groups in total. The summed E-state index contributed by atoms with van der Waals surface area (Å²) in [5, 5.41) is 16.8. The summed E-state index contributed by atoms with van der Waals surface area (Å²) >= 11 is 5.80. The molecule has 0 radical (unpaired) electrons. The van der Waals surface area contributed by atoms with Gasteiger partial charge in [-0.2, -0.15) is 0 Å². The first-order valence-electron chi connectivity index (χ1n) is 5.47. The molecule has 2 heterocycles. The van der Waals surface area contributed by atoms with Crippen LogP contribution >= 0.6 is 11.6 Å². The fourth-order valence-corrected chi connectivity index (χ4v) is 1.67. The zero-order chi connectivity index (χ0) is 14.0. The van der Waals surface area contributed by atoms with Crippen molar-refractivity contribution in [1.82, 2.24) is 19.6 Å². The van der Waals surface area contributed by atoms with Crippen LogP contribution in [0.2, 0.25) is 5.02 Å². The molecule has 0 aliphatic heterocycles. The highest BCUT2D eigenvalue weighted by molar-refractivity contribution is 6.30. The number of aliphatic carboxylic acids is 1. The Hall–Kier alpha value is -2.15. The van der Waals surface area contributed by atoms with E-state index in [1.54, 1.807) is 0 Å². The van der Waals surface area contributed by atoms with Gasteiger partial charge in [-0.3, -0.25) is 4.79 Å². The van der Waals surface area contributed by atoms with Crippen molar-refractivity contribution in [1.29, 1.82) is 0 Å². The van der Waals surface area contributed by atoms with Gasteiger partial charge in [-0.1, -0.05) is 16.8 Å². The molecule has 2 aromatic heterocycles. The van der Waals surface area contributed by atoms with Crippen molar-refractivity contribution in [3.8, 4) is 0 Å². The molecule has 100 valence electrons. The van der Waals surface area contributed by atoms with Gasteiger partial charge in [0.15, 0.2) is 0 Å². The SMILES string of the molecule is C[C@@H](C(=O)O)n1cc(Cn2cc(Cl)ccc2=O)nn1.